The Morgan fingerprint density at radius 1 is 0.455 bits per heavy atom. The van der Waals surface area contributed by atoms with Gasteiger partial charge in [0.15, 0.2) is 0 Å². The Hall–Kier alpha value is -2.76. The molecule has 0 nitrogen and oxygen atoms in total. The van der Waals surface area contributed by atoms with Crippen LogP contribution in [0, 0.1) is 0 Å². The Bertz CT molecular complexity index is 1330. The average molecular weight is 502 g/mol. The Morgan fingerprint density at radius 2 is 0.909 bits per heavy atom. The monoisotopic (exact) mass is 500 g/mol. The fourth-order valence-electron chi connectivity index (χ4n) is 6.06. The Balaban J connectivity index is 1.28. The Morgan fingerprint density at radius 3 is 1.33 bits per heavy atom. The summed E-state index contributed by atoms with van der Waals surface area (Å²) >= 11 is -2.42. The van der Waals surface area contributed by atoms with E-state index in [4.69, 9.17) is 0 Å². The summed E-state index contributed by atoms with van der Waals surface area (Å²) in [6.07, 6.45) is 7.63. The normalized spacial score (nSPS) is 17.2. The third-order valence-corrected chi connectivity index (χ3v) is 19.3. The molecular weight excluding hydrogens is 476 g/mol. The van der Waals surface area contributed by atoms with Crippen LogP contribution < -0.4 is 0 Å². The fraction of sp³-hybridized carbons (Fsp3) is 0.125. The number of rotatable bonds is 4. The molecule has 158 valence electrons. The van der Waals surface area contributed by atoms with Gasteiger partial charge in [-0.05, 0) is 0 Å². The third kappa shape index (κ3) is 3.21. The summed E-state index contributed by atoms with van der Waals surface area (Å²) in [7, 11) is 0. The molecule has 1 aliphatic heterocycles. The molecule has 0 atom stereocenters. The van der Waals surface area contributed by atoms with E-state index in [0.29, 0.717) is 0 Å². The molecular formula is C32H26Zr. The van der Waals surface area contributed by atoms with Crippen molar-refractivity contribution in [1.29, 1.82) is 0 Å². The van der Waals surface area contributed by atoms with Gasteiger partial charge in [-0.15, -0.1) is 0 Å². The van der Waals surface area contributed by atoms with E-state index in [1.54, 1.807) is 0 Å². The Labute approximate surface area is 200 Å². The van der Waals surface area contributed by atoms with Gasteiger partial charge in [0.1, 0.15) is 0 Å². The molecule has 0 unspecified atom stereocenters. The molecule has 0 spiro atoms. The third-order valence-electron chi connectivity index (χ3n) is 7.94. The van der Waals surface area contributed by atoms with Crippen molar-refractivity contribution in [2.45, 2.75) is 21.1 Å². The van der Waals surface area contributed by atoms with Crippen molar-refractivity contribution >= 4 is 12.2 Å². The van der Waals surface area contributed by atoms with E-state index < -0.39 is 20.3 Å². The summed E-state index contributed by atoms with van der Waals surface area (Å²) in [6, 6.07) is 35.7. The fourth-order valence-corrected chi connectivity index (χ4v) is 19.2. The zero-order valence-electron chi connectivity index (χ0n) is 18.7. The molecule has 0 radical (unpaired) electrons. The van der Waals surface area contributed by atoms with Crippen molar-refractivity contribution in [3.05, 3.63) is 126 Å². The molecule has 1 saturated heterocycles. The van der Waals surface area contributed by atoms with Gasteiger partial charge in [-0.3, -0.25) is 0 Å². The van der Waals surface area contributed by atoms with Crippen LogP contribution in [0.2, 0.25) is 8.26 Å². The summed E-state index contributed by atoms with van der Waals surface area (Å²) in [6.45, 7) is 0. The summed E-state index contributed by atoms with van der Waals surface area (Å²) in [5.74, 6) is 0. The van der Waals surface area contributed by atoms with Crippen LogP contribution in [-0.4, -0.2) is 0 Å². The van der Waals surface area contributed by atoms with Crippen LogP contribution in [-0.2, 0) is 33.1 Å². The molecule has 7 rings (SSSR count). The van der Waals surface area contributed by atoms with Crippen LogP contribution >= 0.6 is 0 Å². The van der Waals surface area contributed by atoms with Crippen molar-refractivity contribution < 1.29 is 20.3 Å². The van der Waals surface area contributed by atoms with Crippen LogP contribution in [0.1, 0.15) is 22.3 Å². The molecule has 0 saturated carbocycles. The van der Waals surface area contributed by atoms with Crippen LogP contribution in [0.25, 0.3) is 34.4 Å². The second-order valence-electron chi connectivity index (χ2n) is 9.76. The van der Waals surface area contributed by atoms with Gasteiger partial charge in [0, 0.05) is 0 Å². The molecule has 0 aromatic heterocycles. The van der Waals surface area contributed by atoms with E-state index in [0.717, 1.165) is 0 Å². The van der Waals surface area contributed by atoms with E-state index in [9.17, 15) is 0 Å². The maximum absolute atomic E-state index is 2.63. The van der Waals surface area contributed by atoms with Gasteiger partial charge < -0.3 is 0 Å². The van der Waals surface area contributed by atoms with E-state index in [-0.39, 0.29) is 0 Å². The van der Waals surface area contributed by atoms with Gasteiger partial charge in [0.2, 0.25) is 0 Å². The molecule has 1 heterocycles. The average Bonchev–Trinajstić information content (AvgIpc) is 3.36. The van der Waals surface area contributed by atoms with E-state index in [2.05, 4.69) is 109 Å². The molecule has 33 heavy (non-hydrogen) atoms. The first-order valence-corrected chi connectivity index (χ1v) is 18.0. The molecule has 3 aliphatic rings. The van der Waals surface area contributed by atoms with E-state index in [1.807, 2.05) is 6.56 Å². The van der Waals surface area contributed by atoms with Crippen molar-refractivity contribution in [1.82, 2.24) is 0 Å². The first-order valence-electron chi connectivity index (χ1n) is 12.1. The minimum atomic E-state index is -2.42. The predicted octanol–water partition coefficient (Wildman–Crippen LogP) is 8.52. The Kier molecular flexibility index (Phi) is 4.56. The summed E-state index contributed by atoms with van der Waals surface area (Å²) in [4.78, 5) is 0. The van der Waals surface area contributed by atoms with Gasteiger partial charge >= 0.3 is 202 Å². The van der Waals surface area contributed by atoms with Crippen molar-refractivity contribution in [2.24, 2.45) is 0 Å². The van der Waals surface area contributed by atoms with E-state index >= 15 is 0 Å². The molecule has 1 heteroatoms. The second-order valence-corrected chi connectivity index (χ2v) is 20.7. The van der Waals surface area contributed by atoms with Crippen LogP contribution in [0.4, 0.5) is 0 Å². The molecule has 0 N–H and O–H groups in total. The van der Waals surface area contributed by atoms with Crippen molar-refractivity contribution in [3.8, 4) is 22.3 Å². The van der Waals surface area contributed by atoms with Gasteiger partial charge in [0.25, 0.3) is 0 Å². The van der Waals surface area contributed by atoms with Gasteiger partial charge in [-0.2, -0.15) is 0 Å². The quantitative estimate of drug-likeness (QED) is 0.263. The number of benzene rings is 4. The number of allylic oxidation sites excluding steroid dienone is 2. The van der Waals surface area contributed by atoms with Gasteiger partial charge in [0.05, 0.1) is 0 Å². The SMILES string of the molecule is C1=[C]([Zr]2([C]3=Cc4c(cccc4-c4ccccc4)C3)[CH2][CH2]2)Cc2cccc(-c3ccccc3)c21. The van der Waals surface area contributed by atoms with Crippen molar-refractivity contribution in [2.75, 3.05) is 0 Å². The van der Waals surface area contributed by atoms with Crippen LogP contribution in [0.3, 0.4) is 0 Å². The molecule has 2 aliphatic carbocycles. The topological polar surface area (TPSA) is 0 Å². The van der Waals surface area contributed by atoms with Gasteiger partial charge in [-0.1, -0.05) is 0 Å². The maximum atomic E-state index is 2.63. The number of hydrogen-bond donors (Lipinski definition) is 0. The summed E-state index contributed by atoms with van der Waals surface area (Å²) in [5, 5.41) is 0. The minimum absolute atomic E-state index is 1.19. The summed E-state index contributed by atoms with van der Waals surface area (Å²) in [5.41, 5.74) is 11.5. The first kappa shape index (κ1) is 19.7. The second kappa shape index (κ2) is 7.64. The molecule has 1 fully saturated rings. The van der Waals surface area contributed by atoms with Crippen LogP contribution in [0.5, 0.6) is 0 Å². The molecule has 0 amide bonds. The zero-order valence-corrected chi connectivity index (χ0v) is 21.2. The first-order chi connectivity index (χ1) is 16.3. The van der Waals surface area contributed by atoms with E-state index in [1.165, 1.54) is 65.6 Å². The number of fused-ring (bicyclic) bond motifs is 2. The van der Waals surface area contributed by atoms with Crippen molar-refractivity contribution in [3.63, 3.8) is 0 Å². The predicted molar refractivity (Wildman–Crippen MR) is 137 cm³/mol. The standard InChI is InChI=1S/2C15H11.C2H4.Zr/c2*1-2-6-12(7-3-1)14-10-4-8-13-9-5-11-15(13)14;1-2;/h2*1-4,6-8,10-11H,9H2;1-2H2;. The zero-order chi connectivity index (χ0) is 21.8. The van der Waals surface area contributed by atoms with Crippen LogP contribution in [0.15, 0.2) is 104 Å². The molecule has 4 aromatic rings. The summed E-state index contributed by atoms with van der Waals surface area (Å²) < 4.78 is 6.66. The molecule has 0 bridgehead atoms. The molecule has 4 aromatic carbocycles. The number of hydrogen-bond acceptors (Lipinski definition) is 0. The van der Waals surface area contributed by atoms with Gasteiger partial charge in [-0.25, -0.2) is 0 Å².